The van der Waals surface area contributed by atoms with Gasteiger partial charge >= 0.3 is 0 Å². The van der Waals surface area contributed by atoms with Crippen LogP contribution in [0.25, 0.3) is 0 Å². The number of pyridine rings is 1. The van der Waals surface area contributed by atoms with Crippen LogP contribution in [0.15, 0.2) is 24.7 Å². The van der Waals surface area contributed by atoms with E-state index in [0.717, 1.165) is 31.1 Å². The van der Waals surface area contributed by atoms with Crippen molar-refractivity contribution in [3.8, 4) is 0 Å². The Morgan fingerprint density at radius 2 is 2.22 bits per heavy atom. The van der Waals surface area contributed by atoms with E-state index in [0.29, 0.717) is 5.69 Å². The van der Waals surface area contributed by atoms with E-state index in [1.165, 1.54) is 0 Å². The van der Waals surface area contributed by atoms with Gasteiger partial charge < -0.3 is 14.6 Å². The van der Waals surface area contributed by atoms with Crippen molar-refractivity contribution < 1.29 is 5.11 Å². The van der Waals surface area contributed by atoms with E-state index >= 15 is 0 Å². The second kappa shape index (κ2) is 4.38. The predicted molar refractivity (Wildman–Crippen MR) is 65.9 cm³/mol. The Labute approximate surface area is 105 Å². The van der Waals surface area contributed by atoms with E-state index in [1.54, 1.807) is 19.4 Å². The summed E-state index contributed by atoms with van der Waals surface area (Å²) in [5, 5.41) is 17.4. The van der Waals surface area contributed by atoms with Crippen molar-refractivity contribution in [2.24, 2.45) is 0 Å². The maximum absolute atomic E-state index is 9.43. The van der Waals surface area contributed by atoms with Gasteiger partial charge in [-0.15, -0.1) is 10.2 Å². The van der Waals surface area contributed by atoms with Crippen molar-refractivity contribution in [3.05, 3.63) is 36.2 Å². The minimum absolute atomic E-state index is 0.525. The van der Waals surface area contributed by atoms with Crippen LogP contribution in [0.2, 0.25) is 0 Å². The quantitative estimate of drug-likeness (QED) is 0.845. The molecule has 0 amide bonds. The molecule has 0 bridgehead atoms. The number of aromatic nitrogens is 4. The van der Waals surface area contributed by atoms with Crippen LogP contribution in [-0.2, 0) is 13.1 Å². The third-order valence-electron chi connectivity index (χ3n) is 3.20. The molecular weight excluding hydrogens is 230 g/mol. The Hall–Kier alpha value is -1.95. The van der Waals surface area contributed by atoms with Gasteiger partial charge in [0.15, 0.2) is 5.82 Å². The average Bonchev–Trinajstić information content (AvgIpc) is 2.86. The number of nitrogens with zero attached hydrogens (tertiary/aromatic N) is 5. The second-order valence-corrected chi connectivity index (χ2v) is 4.48. The van der Waals surface area contributed by atoms with Crippen LogP contribution < -0.4 is 4.90 Å². The highest BCUT2D eigenvalue weighted by molar-refractivity contribution is 5.45. The molecular formula is C12H15N5O. The monoisotopic (exact) mass is 245 g/mol. The van der Waals surface area contributed by atoms with Crippen molar-refractivity contribution >= 4 is 5.69 Å². The summed E-state index contributed by atoms with van der Waals surface area (Å²) >= 11 is 0. The highest BCUT2D eigenvalue weighted by atomic mass is 16.3. The van der Waals surface area contributed by atoms with Gasteiger partial charge in [-0.3, -0.25) is 4.98 Å². The zero-order valence-corrected chi connectivity index (χ0v) is 10.2. The molecule has 18 heavy (non-hydrogen) atoms. The molecule has 0 radical (unpaired) electrons. The molecule has 1 aliphatic rings. The first-order valence-corrected chi connectivity index (χ1v) is 5.99. The van der Waals surface area contributed by atoms with Crippen LogP contribution in [0, 0.1) is 0 Å². The molecule has 2 aromatic heterocycles. The Bertz CT molecular complexity index is 534. The van der Waals surface area contributed by atoms with E-state index in [-0.39, 0.29) is 0 Å². The molecule has 2 aromatic rings. The van der Waals surface area contributed by atoms with E-state index in [1.807, 2.05) is 12.1 Å². The molecule has 0 saturated heterocycles. The second-order valence-electron chi connectivity index (χ2n) is 4.48. The third kappa shape index (κ3) is 1.95. The first-order chi connectivity index (χ1) is 8.74. The summed E-state index contributed by atoms with van der Waals surface area (Å²) in [6.07, 6.45) is 3.04. The smallest absolute Gasteiger partial charge is 0.152 e. The third-order valence-corrected chi connectivity index (χ3v) is 3.20. The van der Waals surface area contributed by atoms with E-state index in [9.17, 15) is 5.11 Å². The zero-order valence-electron chi connectivity index (χ0n) is 10.2. The number of hydrogen-bond acceptors (Lipinski definition) is 5. The number of aliphatic hydroxyl groups is 1. The minimum atomic E-state index is -0.525. The van der Waals surface area contributed by atoms with Crippen molar-refractivity contribution in [1.82, 2.24) is 19.7 Å². The van der Waals surface area contributed by atoms with E-state index < -0.39 is 6.10 Å². The van der Waals surface area contributed by atoms with Gasteiger partial charge in [-0.1, -0.05) is 0 Å². The first-order valence-electron chi connectivity index (χ1n) is 5.99. The van der Waals surface area contributed by atoms with Crippen LogP contribution >= 0.6 is 0 Å². The molecule has 0 aliphatic carbocycles. The van der Waals surface area contributed by atoms with E-state index in [4.69, 9.17) is 0 Å². The van der Waals surface area contributed by atoms with Crippen LogP contribution in [0.5, 0.6) is 0 Å². The van der Waals surface area contributed by atoms with Crippen molar-refractivity contribution in [1.29, 1.82) is 0 Å². The van der Waals surface area contributed by atoms with Crippen molar-refractivity contribution in [2.45, 2.75) is 26.1 Å². The fourth-order valence-corrected chi connectivity index (χ4v) is 2.12. The Balaban J connectivity index is 1.80. The zero-order chi connectivity index (χ0) is 12.5. The molecule has 0 fully saturated rings. The summed E-state index contributed by atoms with van der Waals surface area (Å²) in [5.41, 5.74) is 1.74. The van der Waals surface area contributed by atoms with Crippen LogP contribution in [-0.4, -0.2) is 31.4 Å². The molecule has 6 nitrogen and oxygen atoms in total. The highest BCUT2D eigenvalue weighted by Crippen LogP contribution is 2.20. The SMILES string of the molecule is CC(O)c1ccc(N2CCn3cnnc3C2)cn1. The molecule has 1 N–H and O–H groups in total. The highest BCUT2D eigenvalue weighted by Gasteiger charge is 2.18. The van der Waals surface area contributed by atoms with E-state index in [2.05, 4.69) is 24.6 Å². The lowest BCUT2D eigenvalue weighted by Gasteiger charge is -2.28. The van der Waals surface area contributed by atoms with Crippen molar-refractivity contribution in [2.75, 3.05) is 11.4 Å². The molecule has 1 atom stereocenters. The standard InChI is InChI=1S/C12H15N5O/c1-9(18)11-3-2-10(6-13-11)16-4-5-17-8-14-15-12(17)7-16/h2-3,6,8-9,18H,4-5,7H2,1H3. The van der Waals surface area contributed by atoms with Gasteiger partial charge in [0.1, 0.15) is 6.33 Å². The Morgan fingerprint density at radius 3 is 2.94 bits per heavy atom. The number of anilines is 1. The fourth-order valence-electron chi connectivity index (χ4n) is 2.12. The Morgan fingerprint density at radius 1 is 1.33 bits per heavy atom. The lowest BCUT2D eigenvalue weighted by molar-refractivity contribution is 0.194. The Kier molecular flexibility index (Phi) is 2.71. The van der Waals surface area contributed by atoms with Crippen LogP contribution in [0.1, 0.15) is 24.5 Å². The van der Waals surface area contributed by atoms with Gasteiger partial charge in [-0.2, -0.15) is 0 Å². The molecule has 1 unspecified atom stereocenters. The summed E-state index contributed by atoms with van der Waals surface area (Å²) in [7, 11) is 0. The minimum Gasteiger partial charge on any atom is -0.387 e. The predicted octanol–water partition coefficient (Wildman–Crippen LogP) is 0.747. The lowest BCUT2D eigenvalue weighted by atomic mass is 10.2. The summed E-state index contributed by atoms with van der Waals surface area (Å²) < 4.78 is 2.06. The summed E-state index contributed by atoms with van der Waals surface area (Å²) in [6.45, 7) is 4.27. The average molecular weight is 245 g/mol. The maximum atomic E-state index is 9.43. The molecule has 6 heteroatoms. The van der Waals surface area contributed by atoms with Crippen LogP contribution in [0.4, 0.5) is 5.69 Å². The molecule has 0 aromatic carbocycles. The normalized spacial score (nSPS) is 16.4. The molecule has 94 valence electrons. The lowest BCUT2D eigenvalue weighted by Crippen LogP contribution is -2.33. The van der Waals surface area contributed by atoms with Gasteiger partial charge in [0.05, 0.1) is 30.2 Å². The maximum Gasteiger partial charge on any atom is 0.152 e. The summed E-state index contributed by atoms with van der Waals surface area (Å²) in [4.78, 5) is 6.47. The number of rotatable bonds is 2. The molecule has 1 aliphatic heterocycles. The van der Waals surface area contributed by atoms with Crippen molar-refractivity contribution in [3.63, 3.8) is 0 Å². The molecule has 3 rings (SSSR count). The number of hydrogen-bond donors (Lipinski definition) is 1. The largest absolute Gasteiger partial charge is 0.387 e. The molecule has 0 spiro atoms. The summed E-state index contributed by atoms with van der Waals surface area (Å²) in [5.74, 6) is 0.973. The van der Waals surface area contributed by atoms with Gasteiger partial charge in [0.25, 0.3) is 0 Å². The number of fused-ring (bicyclic) bond motifs is 1. The first kappa shape index (κ1) is 11.2. The molecule has 0 saturated carbocycles. The summed E-state index contributed by atoms with van der Waals surface area (Å²) in [6, 6.07) is 3.85. The van der Waals surface area contributed by atoms with Gasteiger partial charge in [-0.05, 0) is 19.1 Å². The van der Waals surface area contributed by atoms with Gasteiger partial charge in [0.2, 0.25) is 0 Å². The van der Waals surface area contributed by atoms with Gasteiger partial charge in [-0.25, -0.2) is 0 Å². The topological polar surface area (TPSA) is 67.1 Å². The van der Waals surface area contributed by atoms with Crippen LogP contribution in [0.3, 0.4) is 0 Å². The fraction of sp³-hybridized carbons (Fsp3) is 0.417. The number of aliphatic hydroxyl groups excluding tert-OH is 1. The molecule has 3 heterocycles. The van der Waals surface area contributed by atoms with Gasteiger partial charge in [0, 0.05) is 13.1 Å².